The number of anilines is 2. The van der Waals surface area contributed by atoms with Gasteiger partial charge >= 0.3 is 0 Å². The van der Waals surface area contributed by atoms with Gasteiger partial charge in [0.2, 0.25) is 0 Å². The highest BCUT2D eigenvalue weighted by atomic mass is 16.6. The average Bonchev–Trinajstić information content (AvgIpc) is 3.21. The molecule has 0 saturated carbocycles. The number of aromatic nitrogens is 4. The van der Waals surface area contributed by atoms with E-state index in [2.05, 4.69) is 41.0 Å². The first-order valence-corrected chi connectivity index (χ1v) is 16.5. The number of aromatic amines is 1. The number of fused-ring (bicyclic) bond motifs is 2. The van der Waals surface area contributed by atoms with E-state index in [1.165, 1.54) is 54.7 Å². The predicted molar refractivity (Wildman–Crippen MR) is 205 cm³/mol. The van der Waals surface area contributed by atoms with Crippen LogP contribution in [0.2, 0.25) is 0 Å². The molecule has 7 aromatic rings. The molecule has 0 saturated heterocycles. The molecule has 2 aromatic heterocycles. The van der Waals surface area contributed by atoms with Gasteiger partial charge in [0.1, 0.15) is 29.3 Å². The van der Waals surface area contributed by atoms with E-state index in [9.17, 15) is 35.2 Å². The number of para-hydroxylation sites is 2. The largest absolute Gasteiger partial charge is 0.382 e. The van der Waals surface area contributed by atoms with Gasteiger partial charge in [-0.3, -0.25) is 40.9 Å². The zero-order valence-electron chi connectivity index (χ0n) is 28.3. The van der Waals surface area contributed by atoms with Gasteiger partial charge in [0.05, 0.1) is 49.5 Å². The quantitative estimate of drug-likeness (QED) is 0.0569. The van der Waals surface area contributed by atoms with E-state index in [4.69, 9.17) is 0 Å². The lowest BCUT2D eigenvalue weighted by Crippen LogP contribution is -2.26. The van der Waals surface area contributed by atoms with Gasteiger partial charge in [0.25, 0.3) is 16.9 Å². The Balaban J connectivity index is 1.23. The molecule has 17 nitrogen and oxygen atoms in total. The van der Waals surface area contributed by atoms with Crippen LogP contribution < -0.4 is 16.4 Å². The van der Waals surface area contributed by atoms with Crippen LogP contribution in [-0.4, -0.2) is 51.4 Å². The van der Waals surface area contributed by atoms with E-state index in [1.54, 1.807) is 60.7 Å². The highest BCUT2D eigenvalue weighted by Gasteiger charge is 2.25. The molecule has 5 N–H and O–H groups in total. The van der Waals surface area contributed by atoms with Gasteiger partial charge in [-0.1, -0.05) is 60.7 Å². The second-order valence-corrected chi connectivity index (χ2v) is 12.0. The average molecular weight is 737 g/mol. The number of rotatable bonds is 12. The van der Waals surface area contributed by atoms with Gasteiger partial charge in [-0.15, -0.1) is 0 Å². The van der Waals surface area contributed by atoms with E-state index >= 15 is 0 Å². The Morgan fingerprint density at radius 2 is 1.18 bits per heavy atom. The molecule has 0 bridgehead atoms. The third-order valence-corrected chi connectivity index (χ3v) is 8.37. The number of non-ortho nitro benzene ring substituents is 2. The van der Waals surface area contributed by atoms with Crippen LogP contribution in [0.5, 0.6) is 0 Å². The molecule has 5 aromatic carbocycles. The summed E-state index contributed by atoms with van der Waals surface area (Å²) in [6.45, 7) is 0. The van der Waals surface area contributed by atoms with Gasteiger partial charge in [-0.2, -0.15) is 10.2 Å². The van der Waals surface area contributed by atoms with Crippen molar-refractivity contribution in [3.05, 3.63) is 181 Å². The Morgan fingerprint density at radius 3 is 1.76 bits per heavy atom. The Labute approximate surface area is 309 Å². The summed E-state index contributed by atoms with van der Waals surface area (Å²) in [7, 11) is 0. The van der Waals surface area contributed by atoms with E-state index in [-0.39, 0.29) is 56.3 Å². The molecule has 17 heteroatoms. The van der Waals surface area contributed by atoms with Crippen molar-refractivity contribution in [1.29, 1.82) is 0 Å². The molecule has 0 amide bonds. The number of benzene rings is 5. The normalized spacial score (nSPS) is 13.0. The highest BCUT2D eigenvalue weighted by molar-refractivity contribution is 6.05. The van der Waals surface area contributed by atoms with Crippen molar-refractivity contribution in [3.63, 3.8) is 0 Å². The van der Waals surface area contributed by atoms with Gasteiger partial charge in [-0.25, -0.2) is 9.97 Å². The number of nitro benzene ring substituents is 2. The Bertz CT molecular complexity index is 2670. The topological polar surface area (TPSA) is 247 Å². The smallest absolute Gasteiger partial charge is 0.276 e. The number of H-pyrrole nitrogens is 1. The number of aliphatic hydroxyl groups is 2. The van der Waals surface area contributed by atoms with Crippen LogP contribution in [0.25, 0.3) is 22.1 Å². The second-order valence-electron chi connectivity index (χ2n) is 12.0. The number of nitro groups is 2. The first kappa shape index (κ1) is 35.6. The molecular formula is C38H28N10O7. The molecular weight excluding hydrogens is 708 g/mol. The summed E-state index contributed by atoms with van der Waals surface area (Å²) in [5, 5.41) is 54.8. The highest BCUT2D eigenvalue weighted by Crippen LogP contribution is 2.26. The number of hydrogen-bond donors (Lipinski definition) is 5. The van der Waals surface area contributed by atoms with Crippen molar-refractivity contribution in [2.75, 3.05) is 10.9 Å². The molecule has 0 unspecified atom stereocenters. The molecule has 2 atom stereocenters. The number of aliphatic hydroxyl groups excluding tert-OH is 2. The Kier molecular flexibility index (Phi) is 10.0. The molecule has 0 aliphatic heterocycles. The molecule has 0 fully saturated rings. The molecule has 0 spiro atoms. The predicted octanol–water partition coefficient (Wildman–Crippen LogP) is 5.78. The lowest BCUT2D eigenvalue weighted by atomic mass is 9.97. The van der Waals surface area contributed by atoms with Crippen LogP contribution in [0.15, 0.2) is 143 Å². The first-order valence-electron chi connectivity index (χ1n) is 16.5. The standard InChI is InChI=1S/C38H28N10O7/c49-36(33(45-43-24-7-3-1-4-8-24)32-21-39-30-19-26(47(52)53)15-17-28(30)40-32)22-11-13-23(14-12-22)37(50)34(46-44-25-9-5-2-6-10-25)35-38(51)42-31-20-27(48(54)55)16-18-29(31)41-35/h1-21,36-37,43-44,49-50H,(H,42,51)/b45-33-,46-34+/t36-,37+/m1/s1. The molecule has 2 heterocycles. The molecule has 0 radical (unpaired) electrons. The van der Waals surface area contributed by atoms with Crippen molar-refractivity contribution in [3.8, 4) is 0 Å². The molecule has 0 aliphatic carbocycles. The summed E-state index contributed by atoms with van der Waals surface area (Å²) in [5.74, 6) is 0. The lowest BCUT2D eigenvalue weighted by molar-refractivity contribution is -0.384. The molecule has 0 aliphatic rings. The zero-order valence-corrected chi connectivity index (χ0v) is 28.3. The number of nitrogens with zero attached hydrogens (tertiary/aromatic N) is 7. The number of hydrogen-bond acceptors (Lipinski definition) is 14. The van der Waals surface area contributed by atoms with Gasteiger partial charge in [0.15, 0.2) is 5.69 Å². The second kappa shape index (κ2) is 15.5. The van der Waals surface area contributed by atoms with Crippen LogP contribution in [0.4, 0.5) is 22.7 Å². The van der Waals surface area contributed by atoms with E-state index < -0.39 is 27.6 Å². The minimum atomic E-state index is -1.52. The van der Waals surface area contributed by atoms with Crippen molar-refractivity contribution in [2.24, 2.45) is 10.2 Å². The van der Waals surface area contributed by atoms with Crippen LogP contribution in [-0.2, 0) is 0 Å². The minimum absolute atomic E-state index is 0.0753. The number of hydrazone groups is 2. The van der Waals surface area contributed by atoms with Crippen LogP contribution in [0, 0.1) is 20.2 Å². The Morgan fingerprint density at radius 1 is 0.655 bits per heavy atom. The van der Waals surface area contributed by atoms with Crippen molar-refractivity contribution in [1.82, 2.24) is 19.9 Å². The first-order chi connectivity index (χ1) is 26.6. The van der Waals surface area contributed by atoms with Crippen LogP contribution in [0.1, 0.15) is 34.7 Å². The third kappa shape index (κ3) is 7.87. The van der Waals surface area contributed by atoms with Gasteiger partial charge in [-0.05, 0) is 47.5 Å². The molecule has 272 valence electrons. The fourth-order valence-electron chi connectivity index (χ4n) is 5.55. The fourth-order valence-corrected chi connectivity index (χ4v) is 5.55. The lowest BCUT2D eigenvalue weighted by Gasteiger charge is -2.17. The fraction of sp³-hybridized carbons (Fsp3) is 0.0526. The summed E-state index contributed by atoms with van der Waals surface area (Å²) in [4.78, 5) is 50.7. The molecule has 55 heavy (non-hydrogen) atoms. The van der Waals surface area contributed by atoms with Gasteiger partial charge in [0, 0.05) is 24.3 Å². The maximum Gasteiger partial charge on any atom is 0.276 e. The summed E-state index contributed by atoms with van der Waals surface area (Å²) >= 11 is 0. The van der Waals surface area contributed by atoms with Crippen molar-refractivity contribution < 1.29 is 20.1 Å². The third-order valence-electron chi connectivity index (χ3n) is 8.37. The summed E-state index contributed by atoms with van der Waals surface area (Å²) in [5.41, 5.74) is 7.30. The summed E-state index contributed by atoms with van der Waals surface area (Å²) < 4.78 is 0. The van der Waals surface area contributed by atoms with Crippen LogP contribution in [0.3, 0.4) is 0 Å². The SMILES string of the molecule is O=c1[nH]c2cc([N+](=O)[O-])ccc2nc1/C(=N\Nc1ccccc1)[C@@H](O)c1ccc([C@@H](O)/C(=N\Nc2ccccc2)c2cnc3cc([N+](=O)[O-])ccc3n2)cc1. The molecule has 7 rings (SSSR count). The van der Waals surface area contributed by atoms with E-state index in [0.717, 1.165) is 0 Å². The minimum Gasteiger partial charge on any atom is -0.382 e. The van der Waals surface area contributed by atoms with E-state index in [1.807, 2.05) is 12.1 Å². The van der Waals surface area contributed by atoms with Crippen LogP contribution >= 0.6 is 0 Å². The zero-order chi connectivity index (χ0) is 38.5. The maximum atomic E-state index is 13.3. The monoisotopic (exact) mass is 736 g/mol. The summed E-state index contributed by atoms with van der Waals surface area (Å²) in [6, 6.07) is 31.9. The van der Waals surface area contributed by atoms with Crippen molar-refractivity contribution >= 4 is 56.2 Å². The Hall–Kier alpha value is -7.76. The maximum absolute atomic E-state index is 13.3. The van der Waals surface area contributed by atoms with Crippen molar-refractivity contribution in [2.45, 2.75) is 12.2 Å². The number of nitrogens with one attached hydrogen (secondary N) is 3. The summed E-state index contributed by atoms with van der Waals surface area (Å²) in [6.07, 6.45) is -1.54. The van der Waals surface area contributed by atoms with E-state index in [0.29, 0.717) is 22.5 Å². The van der Waals surface area contributed by atoms with Gasteiger partial charge < -0.3 is 15.2 Å².